The van der Waals surface area contributed by atoms with Gasteiger partial charge in [0.2, 0.25) is 0 Å². The molecular weight excluding hydrogens is 418 g/mol. The number of fused-ring (bicyclic) bond motifs is 2. The van der Waals surface area contributed by atoms with Crippen LogP contribution in [0.4, 0.5) is 0 Å². The lowest BCUT2D eigenvalue weighted by Gasteiger charge is -2.15. The van der Waals surface area contributed by atoms with Gasteiger partial charge < -0.3 is 19.7 Å². The molecule has 0 amide bonds. The molecule has 1 aliphatic carbocycles. The third-order valence-corrected chi connectivity index (χ3v) is 6.36. The smallest absolute Gasteiger partial charge is 0.321 e. The number of rotatable bonds is 7. The molecule has 0 bridgehead atoms. The predicted octanol–water partition coefficient (Wildman–Crippen LogP) is 2.77. The predicted molar refractivity (Wildman–Crippen MR) is 123 cm³/mol. The highest BCUT2D eigenvalue weighted by atomic mass is 16.5. The highest BCUT2D eigenvalue weighted by molar-refractivity contribution is 6.31. The highest BCUT2D eigenvalue weighted by Crippen LogP contribution is 2.40. The summed E-state index contributed by atoms with van der Waals surface area (Å²) in [6, 6.07) is 13.3. The average molecular weight is 444 g/mol. The van der Waals surface area contributed by atoms with Crippen molar-refractivity contribution in [1.29, 1.82) is 0 Å². The summed E-state index contributed by atoms with van der Waals surface area (Å²) < 4.78 is 7.82. The number of carbonyl (C=O) groups excluding carboxylic acids is 1. The molecular formula is C26H25N3O4. The number of hydrogen-bond donors (Lipinski definition) is 2. The van der Waals surface area contributed by atoms with Crippen LogP contribution in [-0.2, 0) is 47.2 Å². The van der Waals surface area contributed by atoms with Gasteiger partial charge in [0.15, 0.2) is 5.78 Å². The standard InChI is InChI=1S/C26H25N3O4/c1-29-15-27-13-19(29)12-22(26(31)32)28-9-8-16-6-7-21-18(10-16)14-33-25(21)24-20-5-3-2-4-17(20)11-23(24)30/h2-7,10,13,15,22,28H,8-9,11-12,14H2,1H3,(H,31,32)/b25-24+/t22-/m0/s1. The van der Waals surface area contributed by atoms with Crippen molar-refractivity contribution in [2.24, 2.45) is 7.05 Å². The maximum Gasteiger partial charge on any atom is 0.321 e. The first-order valence-electron chi connectivity index (χ1n) is 11.0. The number of ether oxygens (including phenoxy) is 1. The van der Waals surface area contributed by atoms with E-state index in [4.69, 9.17) is 4.74 Å². The fraction of sp³-hybridized carbons (Fsp3) is 0.269. The van der Waals surface area contributed by atoms with Crippen molar-refractivity contribution in [3.63, 3.8) is 0 Å². The minimum absolute atomic E-state index is 0.0976. The second-order valence-corrected chi connectivity index (χ2v) is 8.54. The molecule has 0 radical (unpaired) electrons. The van der Waals surface area contributed by atoms with Gasteiger partial charge in [0.05, 0.1) is 11.9 Å². The lowest BCUT2D eigenvalue weighted by Crippen LogP contribution is -2.40. The van der Waals surface area contributed by atoms with Gasteiger partial charge in [-0.1, -0.05) is 42.5 Å². The van der Waals surface area contributed by atoms with E-state index in [2.05, 4.69) is 16.4 Å². The van der Waals surface area contributed by atoms with Crippen molar-refractivity contribution in [3.8, 4) is 0 Å². The molecule has 0 saturated heterocycles. The van der Waals surface area contributed by atoms with Gasteiger partial charge in [0.25, 0.3) is 0 Å². The van der Waals surface area contributed by atoms with Crippen LogP contribution in [0.25, 0.3) is 11.3 Å². The van der Waals surface area contributed by atoms with Crippen LogP contribution in [0.15, 0.2) is 55.0 Å². The SMILES string of the molecule is Cn1cncc1C[C@H](NCCc1ccc2c(c1)CO/C2=C1/C(=O)Cc2ccccc21)C(=O)O. The van der Waals surface area contributed by atoms with E-state index < -0.39 is 12.0 Å². The van der Waals surface area contributed by atoms with E-state index in [1.807, 2.05) is 48.0 Å². The second kappa shape index (κ2) is 8.67. The van der Waals surface area contributed by atoms with Crippen LogP contribution in [0.5, 0.6) is 0 Å². The molecule has 3 aromatic rings. The van der Waals surface area contributed by atoms with E-state index in [0.29, 0.717) is 43.7 Å². The molecule has 0 spiro atoms. The van der Waals surface area contributed by atoms with Crippen LogP contribution < -0.4 is 5.32 Å². The molecule has 1 aromatic heterocycles. The van der Waals surface area contributed by atoms with Crippen molar-refractivity contribution < 1.29 is 19.4 Å². The minimum Gasteiger partial charge on any atom is -0.487 e. The Bertz CT molecular complexity index is 1270. The zero-order valence-electron chi connectivity index (χ0n) is 18.4. The third kappa shape index (κ3) is 4.07. The summed E-state index contributed by atoms with van der Waals surface area (Å²) in [4.78, 5) is 28.4. The number of aliphatic carboxylic acids is 1. The monoisotopic (exact) mass is 443 g/mol. The molecule has 33 heavy (non-hydrogen) atoms. The van der Waals surface area contributed by atoms with Gasteiger partial charge in [-0.2, -0.15) is 0 Å². The van der Waals surface area contributed by atoms with Crippen LogP contribution in [0, 0.1) is 0 Å². The number of aryl methyl sites for hydroxylation is 1. The zero-order valence-corrected chi connectivity index (χ0v) is 18.4. The quantitative estimate of drug-likeness (QED) is 0.546. The Balaban J connectivity index is 1.29. The Morgan fingerprint density at radius 1 is 1.21 bits per heavy atom. The summed E-state index contributed by atoms with van der Waals surface area (Å²) >= 11 is 0. The maximum atomic E-state index is 12.7. The largest absolute Gasteiger partial charge is 0.487 e. The van der Waals surface area contributed by atoms with Gasteiger partial charge in [-0.15, -0.1) is 0 Å². The number of hydrogen-bond acceptors (Lipinski definition) is 5. The van der Waals surface area contributed by atoms with E-state index in [1.165, 1.54) is 0 Å². The lowest BCUT2D eigenvalue weighted by molar-refractivity contribution is -0.139. The molecule has 168 valence electrons. The maximum absolute atomic E-state index is 12.7. The number of nitrogens with one attached hydrogen (secondary N) is 1. The first kappa shape index (κ1) is 21.2. The summed E-state index contributed by atoms with van der Waals surface area (Å²) in [7, 11) is 1.86. The number of carboxylic acids is 1. The molecule has 7 heteroatoms. The molecule has 2 aromatic carbocycles. The first-order chi connectivity index (χ1) is 16.0. The highest BCUT2D eigenvalue weighted by Gasteiger charge is 2.32. The van der Waals surface area contributed by atoms with E-state index in [9.17, 15) is 14.7 Å². The van der Waals surface area contributed by atoms with Crippen LogP contribution >= 0.6 is 0 Å². The molecule has 0 unspecified atom stereocenters. The number of nitrogens with zero attached hydrogens (tertiary/aromatic N) is 2. The van der Waals surface area contributed by atoms with Gasteiger partial charge in [0.1, 0.15) is 18.4 Å². The average Bonchev–Trinajstić information content (AvgIpc) is 3.48. The third-order valence-electron chi connectivity index (χ3n) is 6.36. The number of benzene rings is 2. The van der Waals surface area contributed by atoms with Gasteiger partial charge in [0, 0.05) is 42.9 Å². The van der Waals surface area contributed by atoms with Gasteiger partial charge in [-0.3, -0.25) is 9.59 Å². The van der Waals surface area contributed by atoms with Gasteiger partial charge in [-0.25, -0.2) is 4.98 Å². The van der Waals surface area contributed by atoms with E-state index >= 15 is 0 Å². The van der Waals surface area contributed by atoms with Crippen molar-refractivity contribution in [1.82, 2.24) is 14.9 Å². The number of carbonyl (C=O) groups is 2. The Hall–Kier alpha value is -3.71. The normalized spacial score (nSPS) is 17.5. The van der Waals surface area contributed by atoms with Gasteiger partial charge in [-0.05, 0) is 29.7 Å². The second-order valence-electron chi connectivity index (χ2n) is 8.54. The van der Waals surface area contributed by atoms with Crippen LogP contribution in [0.3, 0.4) is 0 Å². The van der Waals surface area contributed by atoms with E-state index in [0.717, 1.165) is 33.5 Å². The lowest BCUT2D eigenvalue weighted by atomic mass is 9.98. The van der Waals surface area contributed by atoms with Crippen molar-refractivity contribution in [3.05, 3.63) is 88.5 Å². The summed E-state index contributed by atoms with van der Waals surface area (Å²) in [6.07, 6.45) is 4.84. The fourth-order valence-electron chi connectivity index (χ4n) is 4.58. The molecule has 2 N–H and O–H groups in total. The Morgan fingerprint density at radius 2 is 2.06 bits per heavy atom. The number of Topliss-reactive ketones (excluding diaryl/α,β-unsaturated/α-hetero) is 1. The molecule has 1 aliphatic heterocycles. The van der Waals surface area contributed by atoms with Crippen molar-refractivity contribution in [2.45, 2.75) is 31.9 Å². The van der Waals surface area contributed by atoms with Gasteiger partial charge >= 0.3 is 5.97 Å². The molecule has 7 nitrogen and oxygen atoms in total. The summed E-state index contributed by atoms with van der Waals surface area (Å²) in [5, 5.41) is 12.7. The molecule has 5 rings (SSSR count). The summed E-state index contributed by atoms with van der Waals surface area (Å²) in [5.74, 6) is -0.108. The number of carboxylic acid groups (broad SMARTS) is 1. The van der Waals surface area contributed by atoms with Crippen molar-refractivity contribution >= 4 is 23.1 Å². The number of allylic oxidation sites excluding steroid dienone is 1. The van der Waals surface area contributed by atoms with Crippen LogP contribution in [0.1, 0.15) is 33.5 Å². The number of imidazole rings is 1. The topological polar surface area (TPSA) is 93.5 Å². The first-order valence-corrected chi connectivity index (χ1v) is 11.0. The summed E-state index contributed by atoms with van der Waals surface area (Å²) in [6.45, 7) is 0.970. The van der Waals surface area contributed by atoms with Crippen LogP contribution in [-0.4, -0.2) is 39.0 Å². The number of ketones is 1. The summed E-state index contributed by atoms with van der Waals surface area (Å²) in [5.41, 5.74) is 6.67. The number of aromatic nitrogens is 2. The Kier molecular flexibility index (Phi) is 5.56. The Labute approximate surface area is 191 Å². The molecule has 0 saturated carbocycles. The molecule has 0 fully saturated rings. The molecule has 1 atom stereocenters. The zero-order chi connectivity index (χ0) is 22.9. The molecule has 2 heterocycles. The Morgan fingerprint density at radius 3 is 2.85 bits per heavy atom. The van der Waals surface area contributed by atoms with Crippen molar-refractivity contribution in [2.75, 3.05) is 6.54 Å². The molecule has 2 aliphatic rings. The van der Waals surface area contributed by atoms with Crippen LogP contribution in [0.2, 0.25) is 0 Å². The minimum atomic E-state index is -0.878. The van der Waals surface area contributed by atoms with E-state index in [-0.39, 0.29) is 5.78 Å². The van der Waals surface area contributed by atoms with E-state index in [1.54, 1.807) is 12.5 Å². The fourth-order valence-corrected chi connectivity index (χ4v) is 4.58.